The number of nitrogens with two attached hydrogens (primary N) is 1. The lowest BCUT2D eigenvalue weighted by Crippen LogP contribution is -2.11. The van der Waals surface area contributed by atoms with Crippen LogP contribution in [0.15, 0.2) is 36.5 Å². The number of methoxy groups -OCH3 is 1. The Hall–Kier alpha value is -2.07. The van der Waals surface area contributed by atoms with E-state index in [-0.39, 0.29) is 5.41 Å². The fourth-order valence-corrected chi connectivity index (χ4v) is 1.93. The highest BCUT2D eigenvalue weighted by Gasteiger charge is 2.14. The highest BCUT2D eigenvalue weighted by atomic mass is 16.5. The fraction of sp³-hybridized carbons (Fsp3) is 0.353. The molecule has 4 nitrogen and oxygen atoms in total. The molecular formula is C17H22N2O2. The Kier molecular flexibility index (Phi) is 4.48. The molecule has 21 heavy (non-hydrogen) atoms. The number of pyridine rings is 1. The minimum atomic E-state index is 0.0776. The summed E-state index contributed by atoms with van der Waals surface area (Å²) in [4.78, 5) is 4.36. The van der Waals surface area contributed by atoms with Gasteiger partial charge in [-0.25, -0.2) is 4.98 Å². The fourth-order valence-electron chi connectivity index (χ4n) is 1.93. The van der Waals surface area contributed by atoms with Crippen LogP contribution in [0.25, 0.3) is 0 Å². The van der Waals surface area contributed by atoms with E-state index >= 15 is 0 Å². The second kappa shape index (κ2) is 6.14. The van der Waals surface area contributed by atoms with Crippen molar-refractivity contribution in [1.82, 2.24) is 4.98 Å². The van der Waals surface area contributed by atoms with E-state index in [1.54, 1.807) is 7.11 Å². The van der Waals surface area contributed by atoms with Gasteiger partial charge in [0.15, 0.2) is 0 Å². The van der Waals surface area contributed by atoms with Crippen LogP contribution in [0.5, 0.6) is 17.4 Å². The molecule has 2 rings (SSSR count). The third-order valence-electron chi connectivity index (χ3n) is 3.24. The molecule has 1 aromatic heterocycles. The number of benzene rings is 1. The molecule has 0 aliphatic carbocycles. The average molecular weight is 286 g/mol. The van der Waals surface area contributed by atoms with Crippen LogP contribution in [0, 0.1) is 0 Å². The van der Waals surface area contributed by atoms with Crippen LogP contribution in [0.1, 0.15) is 31.9 Å². The van der Waals surface area contributed by atoms with Gasteiger partial charge in [-0.15, -0.1) is 0 Å². The van der Waals surface area contributed by atoms with E-state index in [0.717, 1.165) is 11.3 Å². The van der Waals surface area contributed by atoms with Gasteiger partial charge < -0.3 is 15.2 Å². The van der Waals surface area contributed by atoms with E-state index in [2.05, 4.69) is 25.8 Å². The normalized spacial score (nSPS) is 11.3. The molecule has 2 N–H and O–H groups in total. The average Bonchev–Trinajstić information content (AvgIpc) is 2.46. The minimum absolute atomic E-state index is 0.0776. The van der Waals surface area contributed by atoms with Gasteiger partial charge in [0.05, 0.1) is 7.11 Å². The Balaban J connectivity index is 2.22. The van der Waals surface area contributed by atoms with Gasteiger partial charge in [0.25, 0.3) is 0 Å². The largest absolute Gasteiger partial charge is 0.497 e. The van der Waals surface area contributed by atoms with E-state index in [4.69, 9.17) is 15.2 Å². The maximum absolute atomic E-state index is 5.78. The first-order valence-corrected chi connectivity index (χ1v) is 6.95. The number of ether oxygens (including phenoxy) is 2. The molecule has 0 atom stereocenters. The van der Waals surface area contributed by atoms with Crippen LogP contribution in [0.2, 0.25) is 0 Å². The molecule has 0 saturated carbocycles. The summed E-state index contributed by atoms with van der Waals surface area (Å²) in [5.41, 5.74) is 7.88. The molecular weight excluding hydrogens is 264 g/mol. The number of hydrogen-bond acceptors (Lipinski definition) is 4. The van der Waals surface area contributed by atoms with Crippen molar-refractivity contribution in [2.45, 2.75) is 32.7 Å². The van der Waals surface area contributed by atoms with Crippen molar-refractivity contribution in [2.75, 3.05) is 7.11 Å². The summed E-state index contributed by atoms with van der Waals surface area (Å²) in [7, 11) is 1.62. The summed E-state index contributed by atoms with van der Waals surface area (Å²) in [5.74, 6) is 1.95. The zero-order chi connectivity index (χ0) is 15.5. The highest BCUT2D eigenvalue weighted by molar-refractivity contribution is 5.40. The van der Waals surface area contributed by atoms with Gasteiger partial charge in [-0.1, -0.05) is 26.8 Å². The molecule has 0 bridgehead atoms. The topological polar surface area (TPSA) is 57.4 Å². The molecule has 4 heteroatoms. The number of hydrogen-bond donors (Lipinski definition) is 1. The lowest BCUT2D eigenvalue weighted by atomic mass is 9.88. The minimum Gasteiger partial charge on any atom is -0.497 e. The van der Waals surface area contributed by atoms with Gasteiger partial charge in [-0.3, -0.25) is 0 Å². The standard InChI is InChI=1S/C17H22N2O2/c1-17(2,3)13-5-6-16(19-11-13)21-15-8-12(10-18)7-14(9-15)20-4/h5-9,11H,10,18H2,1-4H3. The number of nitrogens with zero attached hydrogens (tertiary/aromatic N) is 1. The third-order valence-corrected chi connectivity index (χ3v) is 3.24. The SMILES string of the molecule is COc1cc(CN)cc(Oc2ccc(C(C)(C)C)cn2)c1. The zero-order valence-corrected chi connectivity index (χ0v) is 13.0. The summed E-state index contributed by atoms with van der Waals surface area (Å²) in [6.07, 6.45) is 1.85. The summed E-state index contributed by atoms with van der Waals surface area (Å²) in [5, 5.41) is 0. The maximum Gasteiger partial charge on any atom is 0.219 e. The molecule has 112 valence electrons. The van der Waals surface area contributed by atoms with E-state index in [1.165, 1.54) is 5.56 Å². The molecule has 0 amide bonds. The van der Waals surface area contributed by atoms with Crippen LogP contribution in [0.3, 0.4) is 0 Å². The van der Waals surface area contributed by atoms with Crippen LogP contribution in [-0.4, -0.2) is 12.1 Å². The van der Waals surface area contributed by atoms with E-state index in [1.807, 2.05) is 36.5 Å². The van der Waals surface area contributed by atoms with Gasteiger partial charge in [0.2, 0.25) is 5.88 Å². The molecule has 0 aliphatic rings. The van der Waals surface area contributed by atoms with Crippen molar-refractivity contribution in [3.05, 3.63) is 47.7 Å². The Bertz CT molecular complexity index is 579. The third kappa shape index (κ3) is 3.95. The van der Waals surface area contributed by atoms with Crippen molar-refractivity contribution in [3.63, 3.8) is 0 Å². The number of aromatic nitrogens is 1. The molecule has 0 radical (unpaired) electrons. The molecule has 1 heterocycles. The predicted molar refractivity (Wildman–Crippen MR) is 83.9 cm³/mol. The van der Waals surface area contributed by atoms with E-state index in [9.17, 15) is 0 Å². The maximum atomic E-state index is 5.78. The van der Waals surface area contributed by atoms with Crippen LogP contribution in [0.4, 0.5) is 0 Å². The predicted octanol–water partition coefficient (Wildman–Crippen LogP) is 3.64. The second-order valence-electron chi connectivity index (χ2n) is 5.96. The van der Waals surface area contributed by atoms with Gasteiger partial charge >= 0.3 is 0 Å². The smallest absolute Gasteiger partial charge is 0.219 e. The summed E-state index contributed by atoms with van der Waals surface area (Å²) >= 11 is 0. The highest BCUT2D eigenvalue weighted by Crippen LogP contribution is 2.28. The second-order valence-corrected chi connectivity index (χ2v) is 5.96. The van der Waals surface area contributed by atoms with E-state index in [0.29, 0.717) is 18.2 Å². The molecule has 0 aliphatic heterocycles. The quantitative estimate of drug-likeness (QED) is 0.932. The first-order valence-electron chi connectivity index (χ1n) is 6.95. The summed E-state index contributed by atoms with van der Waals surface area (Å²) in [6, 6.07) is 9.51. The Morgan fingerprint density at radius 1 is 1.10 bits per heavy atom. The van der Waals surface area contributed by atoms with Crippen molar-refractivity contribution in [1.29, 1.82) is 0 Å². The molecule has 0 fully saturated rings. The zero-order valence-electron chi connectivity index (χ0n) is 13.0. The van der Waals surface area contributed by atoms with Crippen LogP contribution in [-0.2, 0) is 12.0 Å². The van der Waals surface area contributed by atoms with Crippen molar-refractivity contribution >= 4 is 0 Å². The molecule has 1 aromatic carbocycles. The monoisotopic (exact) mass is 286 g/mol. The van der Waals surface area contributed by atoms with Gasteiger partial charge in [0.1, 0.15) is 11.5 Å². The summed E-state index contributed by atoms with van der Waals surface area (Å²) in [6.45, 7) is 6.89. The lowest BCUT2D eigenvalue weighted by molar-refractivity contribution is 0.406. The van der Waals surface area contributed by atoms with Crippen LogP contribution < -0.4 is 15.2 Å². The molecule has 0 unspecified atom stereocenters. The Labute approximate surface area is 125 Å². The van der Waals surface area contributed by atoms with Crippen molar-refractivity contribution < 1.29 is 9.47 Å². The van der Waals surface area contributed by atoms with Gasteiger partial charge in [-0.05, 0) is 28.7 Å². The Morgan fingerprint density at radius 2 is 1.81 bits per heavy atom. The molecule has 0 spiro atoms. The molecule has 0 saturated heterocycles. The first-order chi connectivity index (χ1) is 9.92. The van der Waals surface area contributed by atoms with Gasteiger partial charge in [-0.2, -0.15) is 0 Å². The molecule has 2 aromatic rings. The van der Waals surface area contributed by atoms with Crippen molar-refractivity contribution in [2.24, 2.45) is 5.73 Å². The van der Waals surface area contributed by atoms with Crippen LogP contribution >= 0.6 is 0 Å². The first kappa shape index (κ1) is 15.3. The Morgan fingerprint density at radius 3 is 2.33 bits per heavy atom. The summed E-state index contributed by atoms with van der Waals surface area (Å²) < 4.78 is 11.0. The van der Waals surface area contributed by atoms with Gasteiger partial charge in [0, 0.05) is 24.9 Å². The lowest BCUT2D eigenvalue weighted by Gasteiger charge is -2.18. The number of rotatable bonds is 4. The van der Waals surface area contributed by atoms with Crippen molar-refractivity contribution in [3.8, 4) is 17.4 Å². The van der Waals surface area contributed by atoms with E-state index < -0.39 is 0 Å².